The van der Waals surface area contributed by atoms with E-state index in [2.05, 4.69) is 21.6 Å². The van der Waals surface area contributed by atoms with Crippen molar-refractivity contribution in [2.75, 3.05) is 0 Å². The number of hydrogen-bond donors (Lipinski definition) is 1. The first-order valence-corrected chi connectivity index (χ1v) is 11.5. The van der Waals surface area contributed by atoms with Crippen molar-refractivity contribution < 1.29 is 34.3 Å². The molecule has 2 rings (SSSR count). The van der Waals surface area contributed by atoms with Gasteiger partial charge in [-0.1, -0.05) is 94.7 Å². The Kier molecular flexibility index (Phi) is 15.5. The summed E-state index contributed by atoms with van der Waals surface area (Å²) in [6.45, 7) is 2.22. The lowest BCUT2D eigenvalue weighted by atomic mass is 10.1. The second kappa shape index (κ2) is 18.4. The van der Waals surface area contributed by atoms with Gasteiger partial charge in [0.1, 0.15) is 0 Å². The van der Waals surface area contributed by atoms with E-state index >= 15 is 0 Å². The van der Waals surface area contributed by atoms with Gasteiger partial charge >= 0.3 is 17.9 Å². The van der Waals surface area contributed by atoms with Gasteiger partial charge in [-0.2, -0.15) is 5.26 Å². The first-order chi connectivity index (χ1) is 16.1. The second-order valence-corrected chi connectivity index (χ2v) is 7.52. The lowest BCUT2D eigenvalue weighted by Gasteiger charge is -2.02. The fourth-order valence-corrected chi connectivity index (χ4v) is 2.95. The van der Waals surface area contributed by atoms with Crippen LogP contribution >= 0.6 is 0 Å². The van der Waals surface area contributed by atoms with Crippen LogP contribution in [0.2, 0.25) is 0 Å². The summed E-state index contributed by atoms with van der Waals surface area (Å²) >= 11 is 0. The van der Waals surface area contributed by atoms with Crippen LogP contribution in [0.15, 0.2) is 60.7 Å². The summed E-state index contributed by atoms with van der Waals surface area (Å²) in [5.41, 5.74) is 0.636. The van der Waals surface area contributed by atoms with Crippen molar-refractivity contribution in [2.45, 2.75) is 71.1 Å². The third-order valence-corrected chi connectivity index (χ3v) is 4.80. The lowest BCUT2D eigenvalue weighted by molar-refractivity contribution is -0.234. The topological polar surface area (TPSA) is 99.1 Å². The molecular formula is C26H34O7. The molecule has 7 heteroatoms. The van der Waals surface area contributed by atoms with E-state index in [0.29, 0.717) is 17.5 Å². The molecule has 2 aromatic carbocycles. The Morgan fingerprint density at radius 2 is 1.03 bits per heavy atom. The van der Waals surface area contributed by atoms with Crippen LogP contribution in [0.1, 0.15) is 91.8 Å². The molecule has 0 aliphatic carbocycles. The molecule has 0 heterocycles. The number of carbonyl (C=O) groups is 3. The summed E-state index contributed by atoms with van der Waals surface area (Å²) in [7, 11) is 0. The molecule has 0 amide bonds. The molecule has 0 radical (unpaired) electrons. The molecule has 2 aromatic rings. The van der Waals surface area contributed by atoms with Crippen molar-refractivity contribution in [1.82, 2.24) is 0 Å². The predicted octanol–water partition coefficient (Wildman–Crippen LogP) is 6.54. The van der Waals surface area contributed by atoms with Gasteiger partial charge in [0, 0.05) is 6.42 Å². The second-order valence-electron chi connectivity index (χ2n) is 7.52. The molecule has 180 valence electrons. The average molecular weight is 459 g/mol. The van der Waals surface area contributed by atoms with Crippen molar-refractivity contribution in [1.29, 1.82) is 0 Å². The highest BCUT2D eigenvalue weighted by molar-refractivity contribution is 5.92. The molecule has 33 heavy (non-hydrogen) atoms. The maximum Gasteiger partial charge on any atom is 0.386 e. The molecule has 7 nitrogen and oxygen atoms in total. The van der Waals surface area contributed by atoms with Gasteiger partial charge in [-0.25, -0.2) is 24.2 Å². The number of carbonyl (C=O) groups excluding carboxylic acids is 3. The average Bonchev–Trinajstić information content (AvgIpc) is 2.87. The molecular weight excluding hydrogens is 424 g/mol. The van der Waals surface area contributed by atoms with Crippen molar-refractivity contribution in [3.8, 4) is 0 Å². The van der Waals surface area contributed by atoms with Crippen LogP contribution < -0.4 is 0 Å². The summed E-state index contributed by atoms with van der Waals surface area (Å²) in [6.07, 6.45) is 11.3. The molecule has 0 unspecified atom stereocenters. The van der Waals surface area contributed by atoms with Crippen molar-refractivity contribution in [3.05, 3.63) is 71.8 Å². The SMILES string of the molecule is CCCCCCCCCCCC(=O)OO.O=C(OOC(=O)c1ccccc1)c1ccccc1. The molecule has 0 saturated carbocycles. The summed E-state index contributed by atoms with van der Waals surface area (Å²) in [6, 6.07) is 16.6. The van der Waals surface area contributed by atoms with Crippen molar-refractivity contribution in [3.63, 3.8) is 0 Å². The molecule has 0 spiro atoms. The Morgan fingerprint density at radius 1 is 0.636 bits per heavy atom. The van der Waals surface area contributed by atoms with E-state index in [4.69, 9.17) is 5.26 Å². The van der Waals surface area contributed by atoms with E-state index in [1.54, 1.807) is 60.7 Å². The van der Waals surface area contributed by atoms with Gasteiger partial charge in [-0.3, -0.25) is 0 Å². The zero-order valence-electron chi connectivity index (χ0n) is 19.2. The minimum Gasteiger partial charge on any atom is -0.301 e. The maximum atomic E-state index is 11.5. The third kappa shape index (κ3) is 13.7. The fraction of sp³-hybridized carbons (Fsp3) is 0.423. The normalized spacial score (nSPS) is 9.88. The molecule has 0 aliphatic rings. The van der Waals surface area contributed by atoms with Crippen molar-refractivity contribution >= 4 is 17.9 Å². The van der Waals surface area contributed by atoms with E-state index in [-0.39, 0.29) is 0 Å². The lowest BCUT2D eigenvalue weighted by Crippen LogP contribution is -2.11. The van der Waals surface area contributed by atoms with Crippen LogP contribution in [-0.2, 0) is 19.5 Å². The highest BCUT2D eigenvalue weighted by Gasteiger charge is 2.13. The van der Waals surface area contributed by atoms with Crippen LogP contribution in [0.4, 0.5) is 0 Å². The quantitative estimate of drug-likeness (QED) is 0.219. The van der Waals surface area contributed by atoms with Gasteiger partial charge in [0.2, 0.25) is 0 Å². The van der Waals surface area contributed by atoms with Crippen molar-refractivity contribution in [2.24, 2.45) is 0 Å². The zero-order valence-corrected chi connectivity index (χ0v) is 19.2. The summed E-state index contributed by atoms with van der Waals surface area (Å²) in [5, 5.41) is 8.01. The summed E-state index contributed by atoms with van der Waals surface area (Å²) in [4.78, 5) is 46.0. The molecule has 0 aromatic heterocycles. The van der Waals surface area contributed by atoms with E-state index < -0.39 is 17.9 Å². The Hall–Kier alpha value is -3.19. The Labute approximate surface area is 195 Å². The Morgan fingerprint density at radius 3 is 1.42 bits per heavy atom. The predicted molar refractivity (Wildman–Crippen MR) is 124 cm³/mol. The zero-order chi connectivity index (χ0) is 24.2. The molecule has 1 N–H and O–H groups in total. The standard InChI is InChI=1S/C14H10O4.C12H24O3/c15-13(11-7-3-1-4-8-11)17-18-14(16)12-9-5-2-6-10-12;1-2-3-4-5-6-7-8-9-10-11-12(13)15-14/h1-10H;14H,2-11H2,1H3. The van der Waals surface area contributed by atoms with Crippen LogP contribution in [0.3, 0.4) is 0 Å². The van der Waals surface area contributed by atoms with Gasteiger partial charge in [0.25, 0.3) is 0 Å². The number of unbranched alkanes of at least 4 members (excludes halogenated alkanes) is 8. The fourth-order valence-electron chi connectivity index (χ4n) is 2.95. The van der Waals surface area contributed by atoms with E-state index in [0.717, 1.165) is 12.8 Å². The van der Waals surface area contributed by atoms with Crippen LogP contribution in [0, 0.1) is 0 Å². The summed E-state index contributed by atoms with van der Waals surface area (Å²) < 4.78 is 0. The molecule has 0 fully saturated rings. The number of rotatable bonds is 12. The molecule has 0 saturated heterocycles. The van der Waals surface area contributed by atoms with Crippen LogP contribution in [-0.4, -0.2) is 23.2 Å². The van der Waals surface area contributed by atoms with E-state index in [1.165, 1.54) is 44.9 Å². The molecule has 0 bridgehead atoms. The van der Waals surface area contributed by atoms with Gasteiger partial charge in [0.05, 0.1) is 11.1 Å². The summed E-state index contributed by atoms with van der Waals surface area (Å²) in [5.74, 6) is -1.93. The van der Waals surface area contributed by atoms with E-state index in [1.807, 2.05) is 0 Å². The van der Waals surface area contributed by atoms with Crippen LogP contribution in [0.25, 0.3) is 0 Å². The maximum absolute atomic E-state index is 11.5. The number of benzene rings is 2. The Bertz CT molecular complexity index is 739. The first-order valence-electron chi connectivity index (χ1n) is 11.5. The smallest absolute Gasteiger partial charge is 0.301 e. The highest BCUT2D eigenvalue weighted by atomic mass is 17.2. The van der Waals surface area contributed by atoms with Gasteiger partial charge in [0.15, 0.2) is 0 Å². The minimum atomic E-state index is -0.708. The van der Waals surface area contributed by atoms with Crippen LogP contribution in [0.5, 0.6) is 0 Å². The van der Waals surface area contributed by atoms with Gasteiger partial charge in [-0.05, 0) is 30.7 Å². The largest absolute Gasteiger partial charge is 0.386 e. The third-order valence-electron chi connectivity index (χ3n) is 4.80. The Balaban J connectivity index is 0.000000337. The monoisotopic (exact) mass is 458 g/mol. The molecule has 0 aliphatic heterocycles. The minimum absolute atomic E-state index is 0.318. The molecule has 0 atom stereocenters. The van der Waals surface area contributed by atoms with Gasteiger partial charge < -0.3 is 4.89 Å². The first kappa shape index (κ1) is 27.8. The highest BCUT2D eigenvalue weighted by Crippen LogP contribution is 2.10. The van der Waals surface area contributed by atoms with Gasteiger partial charge in [-0.15, -0.1) is 0 Å². The number of hydrogen-bond acceptors (Lipinski definition) is 7. The van der Waals surface area contributed by atoms with E-state index in [9.17, 15) is 14.4 Å².